The van der Waals surface area contributed by atoms with Gasteiger partial charge in [-0.3, -0.25) is 0 Å². The van der Waals surface area contributed by atoms with Gasteiger partial charge in [0.15, 0.2) is 11.5 Å². The van der Waals surface area contributed by atoms with Crippen LogP contribution in [-0.4, -0.2) is 43.2 Å². The van der Waals surface area contributed by atoms with Crippen LogP contribution >= 0.6 is 0 Å². The van der Waals surface area contributed by atoms with E-state index < -0.39 is 0 Å². The van der Waals surface area contributed by atoms with E-state index in [0.717, 1.165) is 41.4 Å². The minimum absolute atomic E-state index is 0.698. The van der Waals surface area contributed by atoms with E-state index in [2.05, 4.69) is 33.4 Å². The summed E-state index contributed by atoms with van der Waals surface area (Å²) in [5, 5.41) is 4.66. The average molecular weight is 365 g/mol. The Morgan fingerprint density at radius 3 is 2.81 bits per heavy atom. The Kier molecular flexibility index (Phi) is 5.49. The number of rotatable bonds is 8. The van der Waals surface area contributed by atoms with Crippen molar-refractivity contribution in [2.45, 2.75) is 19.3 Å². The predicted molar refractivity (Wildman–Crippen MR) is 110 cm³/mol. The summed E-state index contributed by atoms with van der Waals surface area (Å²) >= 11 is 0. The van der Waals surface area contributed by atoms with Crippen molar-refractivity contribution in [3.63, 3.8) is 0 Å². The zero-order valence-electron chi connectivity index (χ0n) is 15.8. The molecule has 1 saturated heterocycles. The number of nitrogens with zero attached hydrogens (tertiary/aromatic N) is 1. The number of benzene rings is 2. The summed E-state index contributed by atoms with van der Waals surface area (Å²) in [7, 11) is 1.68. The molecular formula is C22H27N3O2. The quantitative estimate of drug-likeness (QED) is 0.564. The second-order valence-electron chi connectivity index (χ2n) is 6.99. The normalized spacial score (nSPS) is 14.6. The Labute approximate surface area is 160 Å². The molecule has 5 heteroatoms. The molecule has 2 N–H and O–H groups in total. The Bertz CT molecular complexity index is 884. The number of anilines is 2. The van der Waals surface area contributed by atoms with E-state index in [1.165, 1.54) is 31.3 Å². The highest BCUT2D eigenvalue weighted by atomic mass is 16.5. The third kappa shape index (κ3) is 4.19. The molecule has 0 saturated carbocycles. The van der Waals surface area contributed by atoms with E-state index in [1.54, 1.807) is 7.11 Å². The number of likely N-dealkylation sites (tertiary alicyclic amines) is 1. The summed E-state index contributed by atoms with van der Waals surface area (Å²) in [6.07, 6.45) is 5.65. The van der Waals surface area contributed by atoms with Gasteiger partial charge in [-0.2, -0.15) is 0 Å². The summed E-state index contributed by atoms with van der Waals surface area (Å²) in [6.45, 7) is 4.26. The summed E-state index contributed by atoms with van der Waals surface area (Å²) in [6, 6.07) is 14.3. The lowest BCUT2D eigenvalue weighted by molar-refractivity contribution is 0.254. The standard InChI is InChI=1S/C22H27N3O2/c1-26-21-9-8-17(24-20-7-4-6-19-18(20)10-11-23-19)16-22(21)27-15-5-14-25-12-2-3-13-25/h4,6-11,16,23-24H,2-3,5,12-15H2,1H3. The van der Waals surface area contributed by atoms with Gasteiger partial charge in [-0.1, -0.05) is 6.07 Å². The summed E-state index contributed by atoms with van der Waals surface area (Å²) < 4.78 is 11.5. The van der Waals surface area contributed by atoms with E-state index in [-0.39, 0.29) is 0 Å². The minimum atomic E-state index is 0.698. The van der Waals surface area contributed by atoms with Crippen molar-refractivity contribution in [3.05, 3.63) is 48.7 Å². The van der Waals surface area contributed by atoms with Crippen molar-refractivity contribution in [1.29, 1.82) is 0 Å². The number of methoxy groups -OCH3 is 1. The number of nitrogens with one attached hydrogen (secondary N) is 2. The van der Waals surface area contributed by atoms with Crippen molar-refractivity contribution in [1.82, 2.24) is 9.88 Å². The number of hydrogen-bond acceptors (Lipinski definition) is 4. The van der Waals surface area contributed by atoms with Gasteiger partial charge in [0.05, 0.1) is 13.7 Å². The highest BCUT2D eigenvalue weighted by Gasteiger charge is 2.11. The van der Waals surface area contributed by atoms with Gasteiger partial charge in [0.2, 0.25) is 0 Å². The Hall–Kier alpha value is -2.66. The van der Waals surface area contributed by atoms with Crippen LogP contribution in [0, 0.1) is 0 Å². The van der Waals surface area contributed by atoms with Gasteiger partial charge in [0.1, 0.15) is 0 Å². The van der Waals surface area contributed by atoms with Crippen LogP contribution in [0.15, 0.2) is 48.7 Å². The number of aromatic nitrogens is 1. The monoisotopic (exact) mass is 365 g/mol. The van der Waals surface area contributed by atoms with Crippen molar-refractivity contribution >= 4 is 22.3 Å². The molecule has 2 heterocycles. The topological polar surface area (TPSA) is 49.5 Å². The van der Waals surface area contributed by atoms with E-state index in [9.17, 15) is 0 Å². The molecular weight excluding hydrogens is 338 g/mol. The van der Waals surface area contributed by atoms with Gasteiger partial charge < -0.3 is 24.7 Å². The van der Waals surface area contributed by atoms with E-state index in [4.69, 9.17) is 9.47 Å². The van der Waals surface area contributed by atoms with Gasteiger partial charge >= 0.3 is 0 Å². The fourth-order valence-corrected chi connectivity index (χ4v) is 3.69. The van der Waals surface area contributed by atoms with Crippen LogP contribution in [-0.2, 0) is 0 Å². The van der Waals surface area contributed by atoms with E-state index in [1.807, 2.05) is 30.5 Å². The number of hydrogen-bond donors (Lipinski definition) is 2. The van der Waals surface area contributed by atoms with Crippen LogP contribution < -0.4 is 14.8 Å². The highest BCUT2D eigenvalue weighted by Crippen LogP contribution is 2.33. The maximum absolute atomic E-state index is 6.04. The first kappa shape index (κ1) is 17.7. The maximum atomic E-state index is 6.04. The van der Waals surface area contributed by atoms with Gasteiger partial charge in [0.25, 0.3) is 0 Å². The van der Waals surface area contributed by atoms with Crippen LogP contribution in [0.1, 0.15) is 19.3 Å². The Morgan fingerprint density at radius 1 is 1.07 bits per heavy atom. The fourth-order valence-electron chi connectivity index (χ4n) is 3.69. The second kappa shape index (κ2) is 8.35. The molecule has 1 fully saturated rings. The number of ether oxygens (including phenoxy) is 2. The molecule has 1 aromatic heterocycles. The summed E-state index contributed by atoms with van der Waals surface area (Å²) in [5.74, 6) is 1.55. The first-order chi connectivity index (χ1) is 13.3. The molecule has 1 aliphatic rings. The Balaban J connectivity index is 1.43. The SMILES string of the molecule is COc1ccc(Nc2cccc3[nH]ccc23)cc1OCCCN1CCCC1. The van der Waals surface area contributed by atoms with Crippen LogP contribution in [0.2, 0.25) is 0 Å². The van der Waals surface area contributed by atoms with Crippen molar-refractivity contribution in [3.8, 4) is 11.5 Å². The molecule has 27 heavy (non-hydrogen) atoms. The first-order valence-electron chi connectivity index (χ1n) is 9.70. The van der Waals surface area contributed by atoms with E-state index >= 15 is 0 Å². The average Bonchev–Trinajstić information content (AvgIpc) is 3.37. The maximum Gasteiger partial charge on any atom is 0.163 e. The van der Waals surface area contributed by atoms with Crippen molar-refractivity contribution < 1.29 is 9.47 Å². The minimum Gasteiger partial charge on any atom is -0.493 e. The molecule has 0 unspecified atom stereocenters. The third-order valence-corrected chi connectivity index (χ3v) is 5.11. The molecule has 0 atom stereocenters. The van der Waals surface area contributed by atoms with Crippen LogP contribution in [0.5, 0.6) is 11.5 Å². The van der Waals surface area contributed by atoms with Gasteiger partial charge in [0, 0.05) is 41.1 Å². The van der Waals surface area contributed by atoms with Crippen molar-refractivity contribution in [2.75, 3.05) is 38.7 Å². The smallest absolute Gasteiger partial charge is 0.163 e. The molecule has 0 amide bonds. The van der Waals surface area contributed by atoms with Gasteiger partial charge in [-0.15, -0.1) is 0 Å². The second-order valence-corrected chi connectivity index (χ2v) is 6.99. The first-order valence-corrected chi connectivity index (χ1v) is 9.70. The molecule has 5 nitrogen and oxygen atoms in total. The molecule has 0 radical (unpaired) electrons. The summed E-state index contributed by atoms with van der Waals surface area (Å²) in [4.78, 5) is 5.75. The molecule has 3 aromatic rings. The van der Waals surface area contributed by atoms with Crippen LogP contribution in [0.3, 0.4) is 0 Å². The molecule has 4 rings (SSSR count). The van der Waals surface area contributed by atoms with E-state index in [0.29, 0.717) is 6.61 Å². The summed E-state index contributed by atoms with van der Waals surface area (Å²) in [5.41, 5.74) is 3.17. The highest BCUT2D eigenvalue weighted by molar-refractivity contribution is 5.93. The molecule has 142 valence electrons. The lowest BCUT2D eigenvalue weighted by Gasteiger charge is -2.16. The molecule has 0 aliphatic carbocycles. The third-order valence-electron chi connectivity index (χ3n) is 5.11. The molecule has 1 aliphatic heterocycles. The molecule has 0 bridgehead atoms. The number of H-pyrrole nitrogens is 1. The van der Waals surface area contributed by atoms with Crippen LogP contribution in [0.25, 0.3) is 10.9 Å². The Morgan fingerprint density at radius 2 is 1.96 bits per heavy atom. The zero-order valence-corrected chi connectivity index (χ0v) is 15.8. The van der Waals surface area contributed by atoms with Crippen molar-refractivity contribution in [2.24, 2.45) is 0 Å². The lowest BCUT2D eigenvalue weighted by Crippen LogP contribution is -2.21. The van der Waals surface area contributed by atoms with Crippen LogP contribution in [0.4, 0.5) is 11.4 Å². The predicted octanol–water partition coefficient (Wildman–Crippen LogP) is 4.78. The van der Waals surface area contributed by atoms with Gasteiger partial charge in [-0.05, 0) is 62.7 Å². The van der Waals surface area contributed by atoms with Gasteiger partial charge in [-0.25, -0.2) is 0 Å². The largest absolute Gasteiger partial charge is 0.493 e. The fraction of sp³-hybridized carbons (Fsp3) is 0.364. The number of aromatic amines is 1. The lowest BCUT2D eigenvalue weighted by atomic mass is 10.2. The molecule has 0 spiro atoms. The number of fused-ring (bicyclic) bond motifs is 1. The zero-order chi connectivity index (χ0) is 18.5. The molecule has 2 aromatic carbocycles.